The molecule has 1 saturated heterocycles. The molecule has 2 amide bonds. The Labute approximate surface area is 137 Å². The topological polar surface area (TPSA) is 69.6 Å². The fourth-order valence-electron chi connectivity index (χ4n) is 2.57. The Morgan fingerprint density at radius 3 is 2.79 bits per heavy atom. The van der Waals surface area contributed by atoms with Gasteiger partial charge in [0.25, 0.3) is 0 Å². The van der Waals surface area contributed by atoms with Gasteiger partial charge in [-0.2, -0.15) is 13.2 Å². The monoisotopic (exact) mass is 344 g/mol. The SMILES string of the molecule is CC(CO)NC(=O)C1CC(=O)N(Cc2cccc(C(F)(F)F)c2)C1. The number of benzene rings is 1. The number of carbonyl (C=O) groups is 2. The van der Waals surface area contributed by atoms with Crippen molar-refractivity contribution < 1.29 is 27.9 Å². The third-order valence-corrected chi connectivity index (χ3v) is 3.88. The van der Waals surface area contributed by atoms with E-state index in [1.807, 2.05) is 0 Å². The molecular formula is C16H19F3N2O3. The lowest BCUT2D eigenvalue weighted by Gasteiger charge is -2.18. The van der Waals surface area contributed by atoms with Crippen molar-refractivity contribution in [3.8, 4) is 0 Å². The average molecular weight is 344 g/mol. The summed E-state index contributed by atoms with van der Waals surface area (Å²) in [5.41, 5.74) is -0.402. The van der Waals surface area contributed by atoms with E-state index in [4.69, 9.17) is 5.11 Å². The molecule has 0 saturated carbocycles. The molecule has 1 aliphatic rings. The molecule has 2 rings (SSSR count). The number of aliphatic hydroxyl groups excluding tert-OH is 1. The lowest BCUT2D eigenvalue weighted by molar-refractivity contribution is -0.137. The van der Waals surface area contributed by atoms with Crippen LogP contribution in [0.15, 0.2) is 24.3 Å². The highest BCUT2D eigenvalue weighted by atomic mass is 19.4. The van der Waals surface area contributed by atoms with Crippen LogP contribution in [-0.2, 0) is 22.3 Å². The van der Waals surface area contributed by atoms with Gasteiger partial charge in [0, 0.05) is 25.6 Å². The third kappa shape index (κ3) is 4.47. The van der Waals surface area contributed by atoms with Crippen molar-refractivity contribution in [2.75, 3.05) is 13.2 Å². The number of hydrogen-bond acceptors (Lipinski definition) is 3. The summed E-state index contributed by atoms with van der Waals surface area (Å²) >= 11 is 0. The maximum atomic E-state index is 12.7. The number of aliphatic hydroxyl groups is 1. The maximum absolute atomic E-state index is 12.7. The van der Waals surface area contributed by atoms with E-state index in [9.17, 15) is 22.8 Å². The summed E-state index contributed by atoms with van der Waals surface area (Å²) in [6.45, 7) is 1.61. The first-order chi connectivity index (χ1) is 11.2. The van der Waals surface area contributed by atoms with E-state index in [1.165, 1.54) is 17.0 Å². The Balaban J connectivity index is 2.01. The second-order valence-electron chi connectivity index (χ2n) is 5.97. The molecule has 0 radical (unpaired) electrons. The lowest BCUT2D eigenvalue weighted by atomic mass is 10.1. The van der Waals surface area contributed by atoms with E-state index in [0.717, 1.165) is 12.1 Å². The van der Waals surface area contributed by atoms with Gasteiger partial charge < -0.3 is 15.3 Å². The first-order valence-corrected chi connectivity index (χ1v) is 7.56. The molecular weight excluding hydrogens is 325 g/mol. The van der Waals surface area contributed by atoms with Crippen LogP contribution < -0.4 is 5.32 Å². The zero-order valence-corrected chi connectivity index (χ0v) is 13.1. The number of halogens is 3. The number of rotatable bonds is 5. The van der Waals surface area contributed by atoms with Gasteiger partial charge in [0.05, 0.1) is 18.1 Å². The van der Waals surface area contributed by atoms with Gasteiger partial charge in [-0.3, -0.25) is 9.59 Å². The fraction of sp³-hybridized carbons (Fsp3) is 0.500. The van der Waals surface area contributed by atoms with Crippen LogP contribution in [0.25, 0.3) is 0 Å². The summed E-state index contributed by atoms with van der Waals surface area (Å²) in [4.78, 5) is 25.4. The van der Waals surface area contributed by atoms with Crippen molar-refractivity contribution in [1.82, 2.24) is 10.2 Å². The van der Waals surface area contributed by atoms with Gasteiger partial charge in [-0.1, -0.05) is 12.1 Å². The number of amides is 2. The molecule has 2 atom stereocenters. The molecule has 1 heterocycles. The summed E-state index contributed by atoms with van der Waals surface area (Å²) in [7, 11) is 0. The second-order valence-corrected chi connectivity index (χ2v) is 5.97. The van der Waals surface area contributed by atoms with Crippen LogP contribution in [0, 0.1) is 5.92 Å². The second kappa shape index (κ2) is 7.21. The third-order valence-electron chi connectivity index (χ3n) is 3.88. The van der Waals surface area contributed by atoms with Gasteiger partial charge in [-0.15, -0.1) is 0 Å². The van der Waals surface area contributed by atoms with Crippen LogP contribution in [0.4, 0.5) is 13.2 Å². The lowest BCUT2D eigenvalue weighted by Crippen LogP contribution is -2.40. The fourth-order valence-corrected chi connectivity index (χ4v) is 2.57. The minimum atomic E-state index is -4.44. The highest BCUT2D eigenvalue weighted by Gasteiger charge is 2.35. The molecule has 1 aliphatic heterocycles. The predicted octanol–water partition coefficient (Wildman–Crippen LogP) is 1.55. The average Bonchev–Trinajstić information content (AvgIpc) is 2.88. The molecule has 1 fully saturated rings. The predicted molar refractivity (Wildman–Crippen MR) is 79.7 cm³/mol. The van der Waals surface area contributed by atoms with Crippen LogP contribution in [0.5, 0.6) is 0 Å². The van der Waals surface area contributed by atoms with Crippen LogP contribution in [0.1, 0.15) is 24.5 Å². The van der Waals surface area contributed by atoms with E-state index in [0.29, 0.717) is 5.56 Å². The maximum Gasteiger partial charge on any atom is 0.416 e. The molecule has 8 heteroatoms. The Bertz CT molecular complexity index is 619. The standard InChI is InChI=1S/C16H19F3N2O3/c1-10(9-22)20-15(24)12-6-14(23)21(8-12)7-11-3-2-4-13(5-11)16(17,18)19/h2-5,10,12,22H,6-9H2,1H3,(H,20,24). The van der Waals surface area contributed by atoms with Crippen LogP contribution in [-0.4, -0.2) is 41.0 Å². The largest absolute Gasteiger partial charge is 0.416 e. The number of alkyl halides is 3. The van der Waals surface area contributed by atoms with E-state index in [2.05, 4.69) is 5.32 Å². The highest BCUT2D eigenvalue weighted by Crippen LogP contribution is 2.30. The summed E-state index contributed by atoms with van der Waals surface area (Å²) in [6.07, 6.45) is -4.42. The van der Waals surface area contributed by atoms with Crippen LogP contribution in [0.3, 0.4) is 0 Å². The van der Waals surface area contributed by atoms with E-state index in [1.54, 1.807) is 6.92 Å². The molecule has 0 aliphatic carbocycles. The van der Waals surface area contributed by atoms with Crippen molar-refractivity contribution in [3.63, 3.8) is 0 Å². The van der Waals surface area contributed by atoms with Crippen molar-refractivity contribution in [2.24, 2.45) is 5.92 Å². The minimum absolute atomic E-state index is 0.0168. The summed E-state index contributed by atoms with van der Waals surface area (Å²) < 4.78 is 38.2. The molecule has 0 aromatic heterocycles. The highest BCUT2D eigenvalue weighted by molar-refractivity contribution is 5.89. The Morgan fingerprint density at radius 2 is 2.17 bits per heavy atom. The molecule has 2 N–H and O–H groups in total. The molecule has 0 spiro atoms. The number of nitrogens with one attached hydrogen (secondary N) is 1. The molecule has 24 heavy (non-hydrogen) atoms. The van der Waals surface area contributed by atoms with Gasteiger partial charge in [0.2, 0.25) is 11.8 Å². The quantitative estimate of drug-likeness (QED) is 0.852. The van der Waals surface area contributed by atoms with Gasteiger partial charge >= 0.3 is 6.18 Å². The Kier molecular flexibility index (Phi) is 5.48. The molecule has 0 bridgehead atoms. The molecule has 132 valence electrons. The Hall–Kier alpha value is -2.09. The smallest absolute Gasteiger partial charge is 0.394 e. The van der Waals surface area contributed by atoms with E-state index in [-0.39, 0.29) is 37.9 Å². The van der Waals surface area contributed by atoms with Crippen molar-refractivity contribution in [2.45, 2.75) is 32.1 Å². The zero-order valence-electron chi connectivity index (χ0n) is 13.1. The number of nitrogens with zero attached hydrogens (tertiary/aromatic N) is 1. The number of carbonyl (C=O) groups excluding carboxylic acids is 2. The van der Waals surface area contributed by atoms with Gasteiger partial charge in [-0.05, 0) is 24.6 Å². The van der Waals surface area contributed by atoms with Crippen LogP contribution in [0.2, 0.25) is 0 Å². The zero-order chi connectivity index (χ0) is 17.9. The first kappa shape index (κ1) is 18.3. The first-order valence-electron chi connectivity index (χ1n) is 7.56. The van der Waals surface area contributed by atoms with Crippen molar-refractivity contribution in [3.05, 3.63) is 35.4 Å². The van der Waals surface area contributed by atoms with Crippen LogP contribution >= 0.6 is 0 Å². The van der Waals surface area contributed by atoms with E-state index < -0.39 is 23.7 Å². The van der Waals surface area contributed by atoms with Gasteiger partial charge in [0.15, 0.2) is 0 Å². The molecule has 5 nitrogen and oxygen atoms in total. The molecule has 1 aromatic carbocycles. The van der Waals surface area contributed by atoms with Crippen molar-refractivity contribution >= 4 is 11.8 Å². The van der Waals surface area contributed by atoms with Gasteiger partial charge in [0.1, 0.15) is 0 Å². The Morgan fingerprint density at radius 1 is 1.46 bits per heavy atom. The summed E-state index contributed by atoms with van der Waals surface area (Å²) in [5.74, 6) is -1.17. The molecule has 1 aromatic rings. The normalized spacial score (nSPS) is 19.5. The minimum Gasteiger partial charge on any atom is -0.394 e. The number of hydrogen-bond donors (Lipinski definition) is 2. The van der Waals surface area contributed by atoms with Gasteiger partial charge in [-0.25, -0.2) is 0 Å². The number of likely N-dealkylation sites (tertiary alicyclic amines) is 1. The van der Waals surface area contributed by atoms with E-state index >= 15 is 0 Å². The summed E-state index contributed by atoms with van der Waals surface area (Å²) in [5, 5.41) is 11.5. The van der Waals surface area contributed by atoms with Crippen molar-refractivity contribution in [1.29, 1.82) is 0 Å². The molecule has 2 unspecified atom stereocenters. The summed E-state index contributed by atoms with van der Waals surface area (Å²) in [6, 6.07) is 4.39.